The molecule has 3 nitrogen and oxygen atoms in total. The lowest BCUT2D eigenvalue weighted by Gasteiger charge is -2.35. The van der Waals surface area contributed by atoms with Crippen molar-refractivity contribution in [3.05, 3.63) is 90.5 Å². The highest BCUT2D eigenvalue weighted by Gasteiger charge is 2.57. The van der Waals surface area contributed by atoms with Crippen LogP contribution in [-0.4, -0.2) is 17.6 Å². The Balaban J connectivity index is 1.91. The fourth-order valence-electron chi connectivity index (χ4n) is 4.33. The summed E-state index contributed by atoms with van der Waals surface area (Å²) in [5.74, 6) is 0.418. The Labute approximate surface area is 194 Å². The van der Waals surface area contributed by atoms with Crippen LogP contribution in [0.3, 0.4) is 0 Å². The average molecular weight is 496 g/mol. The van der Waals surface area contributed by atoms with Crippen LogP contribution in [0.5, 0.6) is 0 Å². The van der Waals surface area contributed by atoms with Gasteiger partial charge >= 0.3 is 15.6 Å². The standard InChI is InChI=1S/C25H25F3O3S2/c26-25(27,28)33(29,30)31-32(22-12-6-2-7-13-22,23-14-8-3-9-15-23)24-18-16-21(17-19-24)20-10-4-1-5-11-20/h2-3,6-9,12-20H,1,4-5,10-11H2/p+1. The molecule has 1 aliphatic rings. The zero-order valence-corrected chi connectivity index (χ0v) is 19.5. The maximum Gasteiger partial charge on any atom is 0.572 e. The van der Waals surface area contributed by atoms with E-state index in [1.807, 2.05) is 12.1 Å². The van der Waals surface area contributed by atoms with Gasteiger partial charge in [-0.25, -0.2) is 0 Å². The molecule has 0 unspecified atom stereocenters. The lowest BCUT2D eigenvalue weighted by molar-refractivity contribution is -0.0540. The molecule has 176 valence electrons. The van der Waals surface area contributed by atoms with Crippen LogP contribution < -0.4 is 0 Å². The van der Waals surface area contributed by atoms with Gasteiger partial charge < -0.3 is 0 Å². The maximum atomic E-state index is 13.5. The number of hydrogen-bond acceptors (Lipinski definition) is 2. The first-order chi connectivity index (χ1) is 15.7. The Kier molecular flexibility index (Phi) is 6.88. The summed E-state index contributed by atoms with van der Waals surface area (Å²) in [5, 5.41) is 0. The van der Waals surface area contributed by atoms with E-state index >= 15 is 0 Å². The molecule has 1 fully saturated rings. The minimum absolute atomic E-state index is 0.418. The largest absolute Gasteiger partial charge is 0.572 e. The van der Waals surface area contributed by atoms with E-state index in [-0.39, 0.29) is 0 Å². The van der Waals surface area contributed by atoms with Crippen LogP contribution in [0, 0.1) is 0 Å². The molecule has 3 aromatic carbocycles. The molecule has 33 heavy (non-hydrogen) atoms. The van der Waals surface area contributed by atoms with Crippen LogP contribution in [0.4, 0.5) is 13.2 Å². The summed E-state index contributed by atoms with van der Waals surface area (Å²) in [7, 11) is -8.87. The van der Waals surface area contributed by atoms with Crippen molar-refractivity contribution in [3.8, 4) is 0 Å². The van der Waals surface area contributed by atoms with Gasteiger partial charge in [0.15, 0.2) is 0 Å². The molecule has 3 aromatic rings. The molecule has 4 rings (SSSR count). The Morgan fingerprint density at radius 1 is 0.667 bits per heavy atom. The van der Waals surface area contributed by atoms with E-state index in [1.165, 1.54) is 6.42 Å². The predicted octanol–water partition coefficient (Wildman–Crippen LogP) is 7.87. The zero-order chi connectivity index (χ0) is 23.5. The molecule has 1 aliphatic carbocycles. The van der Waals surface area contributed by atoms with Crippen molar-refractivity contribution in [2.75, 3.05) is 0 Å². The molecule has 1 N–H and O–H groups in total. The van der Waals surface area contributed by atoms with Gasteiger partial charge in [-0.15, -0.1) is 8.42 Å². The normalized spacial score (nSPS) is 16.5. The van der Waals surface area contributed by atoms with Gasteiger partial charge in [-0.05, 0) is 60.7 Å². The molecule has 0 bridgehead atoms. The highest BCUT2D eigenvalue weighted by Crippen LogP contribution is 2.68. The summed E-state index contributed by atoms with van der Waals surface area (Å²) < 4.78 is 69.2. The Morgan fingerprint density at radius 3 is 1.58 bits per heavy atom. The van der Waals surface area contributed by atoms with Crippen molar-refractivity contribution in [1.29, 1.82) is 0 Å². The van der Waals surface area contributed by atoms with Crippen molar-refractivity contribution in [2.24, 2.45) is 0 Å². The second-order valence-corrected chi connectivity index (χ2v) is 12.7. The molecule has 0 heterocycles. The van der Waals surface area contributed by atoms with Gasteiger partial charge in [0.05, 0.1) is 25.0 Å². The monoisotopic (exact) mass is 495 g/mol. The molecule has 0 amide bonds. The number of alkyl halides is 3. The minimum Gasteiger partial charge on any atom is -0.255 e. The van der Waals surface area contributed by atoms with Gasteiger partial charge in [-0.3, -0.25) is 3.63 Å². The van der Waals surface area contributed by atoms with E-state index in [0.717, 1.165) is 31.2 Å². The molecule has 0 spiro atoms. The van der Waals surface area contributed by atoms with Gasteiger partial charge in [0.25, 0.3) is 0 Å². The van der Waals surface area contributed by atoms with Crippen LogP contribution in [0.1, 0.15) is 43.6 Å². The first-order valence-electron chi connectivity index (χ1n) is 10.8. The summed E-state index contributed by atoms with van der Waals surface area (Å²) in [5.41, 5.74) is -4.36. The van der Waals surface area contributed by atoms with Crippen molar-refractivity contribution in [2.45, 2.75) is 58.2 Å². The summed E-state index contributed by atoms with van der Waals surface area (Å²) >= 11 is 0. The SMILES string of the molecule is O=S(=O)([OH+]S(c1ccccc1)(c1ccccc1)c1ccc(C2CCCCC2)cc1)C(F)(F)F. The fraction of sp³-hybridized carbons (Fsp3) is 0.280. The molecule has 8 heteroatoms. The van der Waals surface area contributed by atoms with Crippen molar-refractivity contribution in [1.82, 2.24) is 0 Å². The molecule has 0 aromatic heterocycles. The van der Waals surface area contributed by atoms with Crippen molar-refractivity contribution < 1.29 is 25.2 Å². The first kappa shape index (κ1) is 23.9. The Hall–Kier alpha value is -2.29. The quantitative estimate of drug-likeness (QED) is 0.198. The second kappa shape index (κ2) is 9.52. The summed E-state index contributed by atoms with van der Waals surface area (Å²) in [6.07, 6.45) is 5.71. The highest BCUT2D eigenvalue weighted by molar-refractivity contribution is 8.32. The lowest BCUT2D eigenvalue weighted by Crippen LogP contribution is -2.30. The van der Waals surface area contributed by atoms with Crippen LogP contribution in [0.2, 0.25) is 0 Å². The minimum atomic E-state index is -5.77. The number of rotatable bonds is 6. The average Bonchev–Trinajstić information content (AvgIpc) is 2.84. The van der Waals surface area contributed by atoms with Crippen LogP contribution in [-0.2, 0) is 10.1 Å². The van der Waals surface area contributed by atoms with E-state index in [4.69, 9.17) is 0 Å². The van der Waals surface area contributed by atoms with Crippen LogP contribution >= 0.6 is 10.3 Å². The topological polar surface area (TPSA) is 46.9 Å². The summed E-state index contributed by atoms with van der Waals surface area (Å²) in [6, 6.07) is 24.2. The van der Waals surface area contributed by atoms with E-state index in [2.05, 4.69) is 3.63 Å². The predicted molar refractivity (Wildman–Crippen MR) is 125 cm³/mol. The highest BCUT2D eigenvalue weighted by atomic mass is 32.3. The molecular formula is C25H26F3O3S2+. The van der Waals surface area contributed by atoms with Gasteiger partial charge in [-0.2, -0.15) is 13.2 Å². The Bertz CT molecular complexity index is 1120. The third-order valence-electron chi connectivity index (χ3n) is 5.97. The van der Waals surface area contributed by atoms with Gasteiger partial charge in [0.1, 0.15) is 0 Å². The molecule has 1 saturated carbocycles. The van der Waals surface area contributed by atoms with Crippen molar-refractivity contribution in [3.63, 3.8) is 0 Å². The van der Waals surface area contributed by atoms with Gasteiger partial charge in [0, 0.05) is 0 Å². The maximum absolute atomic E-state index is 13.5. The van der Waals surface area contributed by atoms with E-state index in [1.54, 1.807) is 72.8 Å². The second-order valence-electron chi connectivity index (χ2n) is 8.11. The summed E-state index contributed by atoms with van der Waals surface area (Å²) in [4.78, 5) is 1.30. The Morgan fingerprint density at radius 2 is 1.12 bits per heavy atom. The lowest BCUT2D eigenvalue weighted by atomic mass is 9.84. The summed E-state index contributed by atoms with van der Waals surface area (Å²) in [6.45, 7) is 0. The first-order valence-corrected chi connectivity index (χ1v) is 13.9. The molecular weight excluding hydrogens is 469 g/mol. The molecule has 0 aliphatic heterocycles. The van der Waals surface area contributed by atoms with E-state index < -0.39 is 25.9 Å². The van der Waals surface area contributed by atoms with E-state index in [0.29, 0.717) is 20.6 Å². The molecule has 0 radical (unpaired) electrons. The molecule has 0 saturated heterocycles. The third kappa shape index (κ3) is 4.83. The fourth-order valence-corrected chi connectivity index (χ4v) is 9.33. The number of benzene rings is 3. The third-order valence-corrected chi connectivity index (χ3v) is 11.1. The number of hydrogen-bond donors (Lipinski definition) is 0. The van der Waals surface area contributed by atoms with E-state index in [9.17, 15) is 21.6 Å². The van der Waals surface area contributed by atoms with Crippen LogP contribution in [0.15, 0.2) is 99.6 Å². The van der Waals surface area contributed by atoms with Gasteiger partial charge in [-0.1, -0.05) is 67.8 Å². The van der Waals surface area contributed by atoms with Crippen molar-refractivity contribution >= 4 is 20.4 Å². The smallest absolute Gasteiger partial charge is 0.255 e. The number of halogens is 3. The van der Waals surface area contributed by atoms with Gasteiger partial charge in [0.2, 0.25) is 0 Å². The molecule has 0 atom stereocenters. The van der Waals surface area contributed by atoms with Crippen LogP contribution in [0.25, 0.3) is 0 Å². The zero-order valence-electron chi connectivity index (χ0n) is 17.9.